The first kappa shape index (κ1) is 20.8. The van der Waals surface area contributed by atoms with Crippen molar-refractivity contribution in [3.8, 4) is 0 Å². The number of nitrogens with zero attached hydrogens (tertiary/aromatic N) is 2. The summed E-state index contributed by atoms with van der Waals surface area (Å²) >= 11 is 0. The minimum Gasteiger partial charge on any atom is -0.338 e. The standard InChI is InChI=1S/C19H29FN2O3S/c1-3-4-5-12-21(15-16-6-8-18(20)9-7-16)19(23)17-10-13-22(14-11-17)26(2,24)25/h6-9,17H,3-5,10-15H2,1-2H3. The van der Waals surface area contributed by atoms with E-state index in [1.807, 2.05) is 4.90 Å². The quantitative estimate of drug-likeness (QED) is 0.648. The molecule has 0 unspecified atom stereocenters. The molecule has 26 heavy (non-hydrogen) atoms. The normalized spacial score (nSPS) is 16.6. The van der Waals surface area contributed by atoms with Crippen LogP contribution in [0.1, 0.15) is 44.6 Å². The largest absolute Gasteiger partial charge is 0.338 e. The summed E-state index contributed by atoms with van der Waals surface area (Å²) in [6, 6.07) is 6.24. The highest BCUT2D eigenvalue weighted by Gasteiger charge is 2.31. The summed E-state index contributed by atoms with van der Waals surface area (Å²) in [5.41, 5.74) is 0.907. The van der Waals surface area contributed by atoms with Crippen LogP contribution in [-0.2, 0) is 21.4 Å². The Bertz CT molecular complexity index is 683. The van der Waals surface area contributed by atoms with Crippen molar-refractivity contribution in [2.75, 3.05) is 25.9 Å². The second kappa shape index (κ2) is 9.46. The molecule has 1 aromatic carbocycles. The van der Waals surface area contributed by atoms with E-state index in [1.54, 1.807) is 12.1 Å². The molecule has 1 aliphatic rings. The summed E-state index contributed by atoms with van der Waals surface area (Å²) in [7, 11) is -3.19. The molecule has 146 valence electrons. The number of hydrogen-bond donors (Lipinski definition) is 0. The molecule has 0 radical (unpaired) electrons. The van der Waals surface area contributed by atoms with Crippen molar-refractivity contribution in [3.63, 3.8) is 0 Å². The van der Waals surface area contributed by atoms with E-state index in [0.29, 0.717) is 39.0 Å². The first-order valence-electron chi connectivity index (χ1n) is 9.29. The fraction of sp³-hybridized carbons (Fsp3) is 0.632. The van der Waals surface area contributed by atoms with E-state index >= 15 is 0 Å². The molecule has 0 atom stereocenters. The maximum absolute atomic E-state index is 13.1. The maximum Gasteiger partial charge on any atom is 0.226 e. The molecule has 1 amide bonds. The van der Waals surface area contributed by atoms with Crippen molar-refractivity contribution in [1.29, 1.82) is 0 Å². The number of sulfonamides is 1. The van der Waals surface area contributed by atoms with Crippen LogP contribution in [0.15, 0.2) is 24.3 Å². The zero-order valence-electron chi connectivity index (χ0n) is 15.7. The van der Waals surface area contributed by atoms with Crippen molar-refractivity contribution >= 4 is 15.9 Å². The highest BCUT2D eigenvalue weighted by molar-refractivity contribution is 7.88. The van der Waals surface area contributed by atoms with Gasteiger partial charge in [-0.25, -0.2) is 17.1 Å². The van der Waals surface area contributed by atoms with Crippen molar-refractivity contribution in [1.82, 2.24) is 9.21 Å². The number of carbonyl (C=O) groups is 1. The number of unbranched alkanes of at least 4 members (excludes halogenated alkanes) is 2. The van der Waals surface area contributed by atoms with Crippen LogP contribution in [0, 0.1) is 11.7 Å². The van der Waals surface area contributed by atoms with E-state index in [4.69, 9.17) is 0 Å². The summed E-state index contributed by atoms with van der Waals surface area (Å²) in [6.07, 6.45) is 5.39. The van der Waals surface area contributed by atoms with Gasteiger partial charge in [-0.3, -0.25) is 4.79 Å². The Morgan fingerprint density at radius 2 is 1.81 bits per heavy atom. The third kappa shape index (κ3) is 6.06. The van der Waals surface area contributed by atoms with Gasteiger partial charge >= 0.3 is 0 Å². The van der Waals surface area contributed by atoms with E-state index in [1.165, 1.54) is 22.7 Å². The van der Waals surface area contributed by atoms with Crippen LogP contribution < -0.4 is 0 Å². The van der Waals surface area contributed by atoms with Crippen molar-refractivity contribution < 1.29 is 17.6 Å². The van der Waals surface area contributed by atoms with Gasteiger partial charge in [0, 0.05) is 32.1 Å². The Morgan fingerprint density at radius 1 is 1.19 bits per heavy atom. The lowest BCUT2D eigenvalue weighted by Crippen LogP contribution is -2.44. The highest BCUT2D eigenvalue weighted by atomic mass is 32.2. The number of hydrogen-bond acceptors (Lipinski definition) is 3. The molecule has 0 saturated carbocycles. The molecule has 5 nitrogen and oxygen atoms in total. The summed E-state index contributed by atoms with van der Waals surface area (Å²) in [5.74, 6) is -0.348. The second-order valence-electron chi connectivity index (χ2n) is 7.03. The maximum atomic E-state index is 13.1. The monoisotopic (exact) mass is 384 g/mol. The smallest absolute Gasteiger partial charge is 0.226 e. The molecule has 0 aliphatic carbocycles. The van der Waals surface area contributed by atoms with Crippen molar-refractivity contribution in [2.24, 2.45) is 5.92 Å². The number of halogens is 1. The highest BCUT2D eigenvalue weighted by Crippen LogP contribution is 2.22. The molecule has 1 aromatic rings. The fourth-order valence-electron chi connectivity index (χ4n) is 3.32. The van der Waals surface area contributed by atoms with Crippen LogP contribution in [-0.4, -0.2) is 49.4 Å². The van der Waals surface area contributed by atoms with Gasteiger partial charge < -0.3 is 4.90 Å². The van der Waals surface area contributed by atoms with Gasteiger partial charge in [0.25, 0.3) is 0 Å². The topological polar surface area (TPSA) is 57.7 Å². The van der Waals surface area contributed by atoms with Crippen LogP contribution in [0.5, 0.6) is 0 Å². The van der Waals surface area contributed by atoms with Gasteiger partial charge in [0.05, 0.1) is 6.26 Å². The Morgan fingerprint density at radius 3 is 2.35 bits per heavy atom. The SMILES string of the molecule is CCCCCN(Cc1ccc(F)cc1)C(=O)C1CCN(S(C)(=O)=O)CC1. The van der Waals surface area contributed by atoms with E-state index < -0.39 is 10.0 Å². The summed E-state index contributed by atoms with van der Waals surface area (Å²) < 4.78 is 37.8. The van der Waals surface area contributed by atoms with Gasteiger partial charge in [-0.05, 0) is 37.0 Å². The zero-order valence-corrected chi connectivity index (χ0v) is 16.5. The lowest BCUT2D eigenvalue weighted by Gasteiger charge is -2.33. The fourth-order valence-corrected chi connectivity index (χ4v) is 4.20. The van der Waals surface area contributed by atoms with Crippen LogP contribution in [0.25, 0.3) is 0 Å². The number of benzene rings is 1. The van der Waals surface area contributed by atoms with Gasteiger partial charge in [-0.15, -0.1) is 0 Å². The van der Waals surface area contributed by atoms with E-state index in [9.17, 15) is 17.6 Å². The number of piperidine rings is 1. The minimum absolute atomic E-state index is 0.0820. The van der Waals surface area contributed by atoms with Crippen LogP contribution in [0.4, 0.5) is 4.39 Å². The Kier molecular flexibility index (Phi) is 7.58. The average Bonchev–Trinajstić information content (AvgIpc) is 2.61. The molecule has 1 aliphatic heterocycles. The Labute approximate surface area is 156 Å². The predicted octanol–water partition coefficient (Wildman–Crippen LogP) is 3.02. The molecule has 7 heteroatoms. The first-order chi connectivity index (χ1) is 12.3. The minimum atomic E-state index is -3.19. The van der Waals surface area contributed by atoms with E-state index in [0.717, 1.165) is 24.8 Å². The van der Waals surface area contributed by atoms with Crippen LogP contribution >= 0.6 is 0 Å². The van der Waals surface area contributed by atoms with Crippen molar-refractivity contribution in [2.45, 2.75) is 45.6 Å². The van der Waals surface area contributed by atoms with Gasteiger partial charge in [-0.2, -0.15) is 0 Å². The van der Waals surface area contributed by atoms with Gasteiger partial charge in [0.1, 0.15) is 5.82 Å². The Hall–Kier alpha value is -1.47. The Balaban J connectivity index is 2.01. The van der Waals surface area contributed by atoms with Crippen molar-refractivity contribution in [3.05, 3.63) is 35.6 Å². The molecule has 2 rings (SSSR count). The predicted molar refractivity (Wildman–Crippen MR) is 100 cm³/mol. The molecule has 0 bridgehead atoms. The molecule has 1 heterocycles. The lowest BCUT2D eigenvalue weighted by molar-refractivity contribution is -0.137. The number of carbonyl (C=O) groups excluding carboxylic acids is 1. The van der Waals surface area contributed by atoms with Gasteiger partial charge in [0.15, 0.2) is 0 Å². The second-order valence-corrected chi connectivity index (χ2v) is 9.01. The first-order valence-corrected chi connectivity index (χ1v) is 11.1. The molecule has 0 spiro atoms. The summed E-state index contributed by atoms with van der Waals surface area (Å²) in [4.78, 5) is 14.9. The number of amides is 1. The van der Waals surface area contributed by atoms with E-state index in [-0.39, 0.29) is 17.6 Å². The zero-order chi connectivity index (χ0) is 19.2. The van der Waals surface area contributed by atoms with Gasteiger partial charge in [0.2, 0.25) is 15.9 Å². The number of rotatable bonds is 8. The molecular formula is C19H29FN2O3S. The summed E-state index contributed by atoms with van der Waals surface area (Å²) in [5, 5.41) is 0. The van der Waals surface area contributed by atoms with Crippen LogP contribution in [0.2, 0.25) is 0 Å². The summed E-state index contributed by atoms with van der Waals surface area (Å²) in [6.45, 7) is 4.06. The average molecular weight is 385 g/mol. The van der Waals surface area contributed by atoms with Gasteiger partial charge in [-0.1, -0.05) is 31.9 Å². The molecule has 1 fully saturated rings. The molecule has 0 N–H and O–H groups in total. The molecule has 0 aromatic heterocycles. The van der Waals surface area contributed by atoms with E-state index in [2.05, 4.69) is 6.92 Å². The third-order valence-electron chi connectivity index (χ3n) is 4.90. The molecular weight excluding hydrogens is 355 g/mol. The third-order valence-corrected chi connectivity index (χ3v) is 6.21. The lowest BCUT2D eigenvalue weighted by atomic mass is 9.96. The molecule has 1 saturated heterocycles. The van der Waals surface area contributed by atoms with Crippen LogP contribution in [0.3, 0.4) is 0 Å².